The number of ketones is 1. The van der Waals surface area contributed by atoms with E-state index in [1.807, 2.05) is 13.8 Å². The number of nitrogens with one attached hydrogen (secondary N) is 2. The van der Waals surface area contributed by atoms with Crippen molar-refractivity contribution in [3.63, 3.8) is 0 Å². The quantitative estimate of drug-likeness (QED) is 0.346. The van der Waals surface area contributed by atoms with E-state index in [1.54, 1.807) is 32.0 Å². The second kappa shape index (κ2) is 10.4. The lowest BCUT2D eigenvalue weighted by atomic mass is 9.93. The zero-order chi connectivity index (χ0) is 20.6. The highest BCUT2D eigenvalue weighted by molar-refractivity contribution is 6.06. The first kappa shape index (κ1) is 23.1. The topological polar surface area (TPSA) is 119 Å². The number of carbonyl (C=O) groups excluding carboxylic acids is 2. The van der Waals surface area contributed by atoms with E-state index in [4.69, 9.17) is 16.2 Å². The Labute approximate surface area is 162 Å². The van der Waals surface area contributed by atoms with Crippen LogP contribution in [0.4, 0.5) is 5.69 Å². The van der Waals surface area contributed by atoms with Crippen LogP contribution in [0.5, 0.6) is 5.75 Å². The number of hydrogen-bond donors (Lipinski definition) is 4. The summed E-state index contributed by atoms with van der Waals surface area (Å²) in [6, 6.07) is 4.82. The van der Waals surface area contributed by atoms with Crippen LogP contribution in [0.3, 0.4) is 0 Å². The lowest BCUT2D eigenvalue weighted by Crippen LogP contribution is -2.44. The van der Waals surface area contributed by atoms with Gasteiger partial charge in [0.1, 0.15) is 5.75 Å². The largest absolute Gasteiger partial charge is 0.496 e. The summed E-state index contributed by atoms with van der Waals surface area (Å²) < 4.78 is 5.27. The number of hydrogen-bond acceptors (Lipinski definition) is 6. The molecule has 1 rings (SSSR count). The molecule has 1 unspecified atom stereocenters. The first-order chi connectivity index (χ1) is 12.6. The number of anilines is 1. The molecule has 1 atom stereocenters. The minimum Gasteiger partial charge on any atom is -0.496 e. The molecule has 0 spiro atoms. The number of methoxy groups -OCH3 is 1. The number of unbranched alkanes of at least 4 members (excludes halogenated alkanes) is 1. The zero-order valence-electron chi connectivity index (χ0n) is 17.1. The molecule has 0 saturated heterocycles. The van der Waals surface area contributed by atoms with Gasteiger partial charge in [-0.1, -0.05) is 20.3 Å². The predicted molar refractivity (Wildman–Crippen MR) is 109 cm³/mol. The fourth-order valence-corrected chi connectivity index (χ4v) is 2.72. The van der Waals surface area contributed by atoms with E-state index in [1.165, 1.54) is 7.11 Å². The Morgan fingerprint density at radius 3 is 2.41 bits per heavy atom. The van der Waals surface area contributed by atoms with Crippen LogP contribution in [0.25, 0.3) is 0 Å². The lowest BCUT2D eigenvalue weighted by molar-refractivity contribution is -0.118. The molecule has 1 amide bonds. The van der Waals surface area contributed by atoms with Crippen LogP contribution in [0, 0.1) is 0 Å². The highest BCUT2D eigenvalue weighted by atomic mass is 16.5. The average molecular weight is 379 g/mol. The number of carbonyl (C=O) groups is 2. The van der Waals surface area contributed by atoms with Gasteiger partial charge in [-0.3, -0.25) is 9.59 Å². The third kappa shape index (κ3) is 7.28. The summed E-state index contributed by atoms with van der Waals surface area (Å²) in [6.45, 7) is 7.88. The van der Waals surface area contributed by atoms with Crippen molar-refractivity contribution in [3.05, 3.63) is 23.8 Å². The molecule has 0 aromatic heterocycles. The lowest BCUT2D eigenvalue weighted by Gasteiger charge is -2.22. The van der Waals surface area contributed by atoms with Crippen LogP contribution < -0.4 is 26.8 Å². The van der Waals surface area contributed by atoms with E-state index in [0.717, 1.165) is 12.8 Å². The van der Waals surface area contributed by atoms with Crippen LogP contribution in [0.15, 0.2) is 18.2 Å². The number of rotatable bonds is 11. The predicted octanol–water partition coefficient (Wildman–Crippen LogP) is 2.05. The first-order valence-electron chi connectivity index (χ1n) is 9.38. The summed E-state index contributed by atoms with van der Waals surface area (Å²) in [5.74, 6) is 0.0304. The van der Waals surface area contributed by atoms with Crippen molar-refractivity contribution in [1.29, 1.82) is 0 Å². The molecular weight excluding hydrogens is 344 g/mol. The van der Waals surface area contributed by atoms with Crippen LogP contribution in [0.2, 0.25) is 0 Å². The van der Waals surface area contributed by atoms with E-state index in [2.05, 4.69) is 10.6 Å². The molecule has 0 aliphatic carbocycles. The molecule has 0 aliphatic rings. The molecule has 1 aromatic carbocycles. The highest BCUT2D eigenvalue weighted by Gasteiger charge is 2.27. The van der Waals surface area contributed by atoms with Gasteiger partial charge in [0.25, 0.3) is 0 Å². The molecule has 27 heavy (non-hydrogen) atoms. The third-order valence-electron chi connectivity index (χ3n) is 4.09. The Morgan fingerprint density at radius 2 is 1.89 bits per heavy atom. The van der Waals surface area contributed by atoms with Crippen molar-refractivity contribution in [3.8, 4) is 5.75 Å². The van der Waals surface area contributed by atoms with Gasteiger partial charge in [0.2, 0.25) is 5.91 Å². The third-order valence-corrected chi connectivity index (χ3v) is 4.09. The van der Waals surface area contributed by atoms with Gasteiger partial charge in [-0.2, -0.15) is 0 Å². The van der Waals surface area contributed by atoms with Crippen LogP contribution >= 0.6 is 0 Å². The van der Waals surface area contributed by atoms with Crippen molar-refractivity contribution >= 4 is 17.4 Å². The fraction of sp³-hybridized carbons (Fsp3) is 0.600. The second-order valence-corrected chi connectivity index (χ2v) is 7.61. The van der Waals surface area contributed by atoms with E-state index in [-0.39, 0.29) is 23.8 Å². The molecule has 0 aliphatic heterocycles. The average Bonchev–Trinajstić information content (AvgIpc) is 2.59. The number of ether oxygens (including phenoxy) is 1. The Kier molecular flexibility index (Phi) is 8.88. The van der Waals surface area contributed by atoms with Crippen molar-refractivity contribution in [2.45, 2.75) is 64.6 Å². The normalized spacial score (nSPS) is 12.7. The molecule has 0 fully saturated rings. The smallest absolute Gasteiger partial charge is 0.241 e. The van der Waals surface area contributed by atoms with Gasteiger partial charge in [-0.25, -0.2) is 0 Å². The summed E-state index contributed by atoms with van der Waals surface area (Å²) in [7, 11) is 1.49. The maximum atomic E-state index is 12.7. The monoisotopic (exact) mass is 378 g/mol. The summed E-state index contributed by atoms with van der Waals surface area (Å²) in [5.41, 5.74) is 11.3. The maximum Gasteiger partial charge on any atom is 0.241 e. The summed E-state index contributed by atoms with van der Waals surface area (Å²) in [6.07, 6.45) is 2.43. The molecule has 7 heteroatoms. The summed E-state index contributed by atoms with van der Waals surface area (Å²) >= 11 is 0. The molecule has 0 heterocycles. The zero-order valence-corrected chi connectivity index (χ0v) is 17.1. The maximum absolute atomic E-state index is 12.7. The van der Waals surface area contributed by atoms with Gasteiger partial charge in [0, 0.05) is 11.7 Å². The van der Waals surface area contributed by atoms with Crippen LogP contribution in [-0.2, 0) is 4.79 Å². The first-order valence-corrected chi connectivity index (χ1v) is 9.38. The second-order valence-electron chi connectivity index (χ2n) is 7.61. The minimum absolute atomic E-state index is 0.142. The van der Waals surface area contributed by atoms with E-state index < -0.39 is 5.54 Å². The molecule has 0 radical (unpaired) electrons. The number of nitrogens with two attached hydrogens (primary N) is 2. The Morgan fingerprint density at radius 1 is 1.22 bits per heavy atom. The fourth-order valence-electron chi connectivity index (χ4n) is 2.72. The van der Waals surface area contributed by atoms with Crippen molar-refractivity contribution in [2.75, 3.05) is 19.0 Å². The van der Waals surface area contributed by atoms with Crippen molar-refractivity contribution < 1.29 is 14.3 Å². The minimum atomic E-state index is -1.04. The molecule has 1 aromatic rings. The van der Waals surface area contributed by atoms with Crippen molar-refractivity contribution in [2.24, 2.45) is 11.5 Å². The highest BCUT2D eigenvalue weighted by Crippen LogP contribution is 2.26. The standard InChI is InChI=1S/C20H34N4O3/c1-13(2)23-16(8-6-7-11-21)19(26)24-14-9-10-17(27-5)15(12-14)18(25)20(3,4)22/h9-10,12-13,16,23H,6-8,11,21-22H2,1-5H3,(H,24,26). The van der Waals surface area contributed by atoms with Gasteiger partial charge in [-0.05, 0) is 51.4 Å². The molecule has 152 valence electrons. The summed E-state index contributed by atoms with van der Waals surface area (Å²) in [5, 5.41) is 6.17. The van der Waals surface area contributed by atoms with Gasteiger partial charge < -0.3 is 26.8 Å². The number of Topliss-reactive ketones (excluding diaryl/α,β-unsaturated/α-hetero) is 1. The van der Waals surface area contributed by atoms with Crippen LogP contribution in [0.1, 0.15) is 57.3 Å². The Hall–Kier alpha value is -1.96. The van der Waals surface area contributed by atoms with Gasteiger partial charge in [0.15, 0.2) is 5.78 Å². The molecule has 0 bridgehead atoms. The number of amides is 1. The SMILES string of the molecule is COc1ccc(NC(=O)C(CCCCN)NC(C)C)cc1C(=O)C(C)(C)N. The molecular formula is C20H34N4O3. The van der Waals surface area contributed by atoms with Crippen LogP contribution in [-0.4, -0.2) is 43.0 Å². The molecule has 7 nitrogen and oxygen atoms in total. The van der Waals surface area contributed by atoms with Gasteiger partial charge in [0.05, 0.1) is 24.3 Å². The Bertz CT molecular complexity index is 639. The Balaban J connectivity index is 3.01. The van der Waals surface area contributed by atoms with E-state index in [0.29, 0.717) is 30.0 Å². The van der Waals surface area contributed by atoms with Gasteiger partial charge in [-0.15, -0.1) is 0 Å². The number of benzene rings is 1. The van der Waals surface area contributed by atoms with E-state index in [9.17, 15) is 9.59 Å². The van der Waals surface area contributed by atoms with E-state index >= 15 is 0 Å². The summed E-state index contributed by atoms with van der Waals surface area (Å²) in [4.78, 5) is 25.3. The van der Waals surface area contributed by atoms with Gasteiger partial charge >= 0.3 is 0 Å². The molecule has 0 saturated carbocycles. The van der Waals surface area contributed by atoms with Crippen molar-refractivity contribution in [1.82, 2.24) is 5.32 Å². The molecule has 6 N–H and O–H groups in total.